The summed E-state index contributed by atoms with van der Waals surface area (Å²) < 4.78 is 53.4. The molecule has 12 aromatic rings. The lowest BCUT2D eigenvalue weighted by atomic mass is 9.80. The molecule has 0 atom stereocenters. The van der Waals surface area contributed by atoms with Crippen LogP contribution < -0.4 is 38.4 Å². The smallest absolute Gasteiger partial charge is 0.306 e. The van der Waals surface area contributed by atoms with Crippen LogP contribution in [-0.4, -0.2) is 78.3 Å². The second-order valence-corrected chi connectivity index (χ2v) is 26.4. The van der Waals surface area contributed by atoms with Gasteiger partial charge in [-0.3, -0.25) is 4.79 Å². The van der Waals surface area contributed by atoms with Gasteiger partial charge in [0.05, 0.1) is 74.3 Å². The van der Waals surface area contributed by atoms with Crippen molar-refractivity contribution < 1.29 is 67.3 Å². The number of ether oxygens (including phenoxy) is 9. The van der Waals surface area contributed by atoms with Gasteiger partial charge in [0.15, 0.2) is 0 Å². The molecule has 0 bridgehead atoms. The monoisotopic (exact) mass is 1470 g/mol. The summed E-state index contributed by atoms with van der Waals surface area (Å²) in [6.07, 6.45) is 0.850. The molecule has 0 radical (unpaired) electrons. The Kier molecular flexibility index (Phi) is 30.5. The van der Waals surface area contributed by atoms with E-state index >= 15 is 0 Å². The Morgan fingerprint density at radius 3 is 1.01 bits per heavy atom. The molecule has 0 aromatic heterocycles. The minimum Gasteiger partial charge on any atom is -0.550 e. The number of rotatable bonds is 35. The quantitative estimate of drug-likeness (QED) is 0.0285. The predicted molar refractivity (Wildman–Crippen MR) is 432 cm³/mol. The molecular weight excluding hydrogens is 1380 g/mol. The number of hydrogen-bond donors (Lipinski definition) is 2. The van der Waals surface area contributed by atoms with Gasteiger partial charge in [-0.15, -0.1) is 0 Å². The molecule has 0 aliphatic heterocycles. The van der Waals surface area contributed by atoms with Crippen LogP contribution in [0.4, 0.5) is 0 Å². The predicted octanol–water partition coefficient (Wildman–Crippen LogP) is 17.0. The van der Waals surface area contributed by atoms with E-state index in [0.29, 0.717) is 32.8 Å². The van der Waals surface area contributed by atoms with Gasteiger partial charge in [-0.25, -0.2) is 0 Å². The molecule has 0 fully saturated rings. The summed E-state index contributed by atoms with van der Waals surface area (Å²) in [4.78, 5) is 24.1. The fraction of sp³-hybridized carbons (Fsp3) is 0.229. The first-order valence-corrected chi connectivity index (χ1v) is 37.4. The maximum Gasteiger partial charge on any atom is 0.306 e. The highest BCUT2D eigenvalue weighted by Crippen LogP contribution is 2.44. The normalized spacial score (nSPS) is 11.1. The lowest BCUT2D eigenvalue weighted by molar-refractivity contribution is -0.894. The Labute approximate surface area is 648 Å². The topological polar surface area (TPSA) is 165 Å². The summed E-state index contributed by atoms with van der Waals surface area (Å²) in [5.74, 6) is 2.80. The van der Waals surface area contributed by atoms with E-state index in [1.54, 1.807) is 33.3 Å². The number of esters is 1. The second-order valence-electron chi connectivity index (χ2n) is 26.4. The van der Waals surface area contributed by atoms with Crippen LogP contribution in [0.1, 0.15) is 100 Å². The number of carboxylic acids is 1. The standard InChI is InChI=1S/C47H44O8.C43H40O5.C6H15N/c1-51-42-22-18-40(19-23-42)47(39-11-4-3-5-12-39,41-20-24-43(52-2)25-21-41)55-29-28-34-14-16-37(17-15-34)38-10-7-13-44(31-38)53-32-35-8-6-9-36(30-35)33-54-46(50)27-26-45(48)49;1-45-40-22-18-38(19-23-40)43(37-11-4-3-5-12-37,39-20-24-41(46-2)25-21-39)48-27-26-32-14-16-35(17-15-32)36-10-7-13-42(29-36)47-31-34-9-6-8-33(28-34)30-44;1-4-7(5-2)6-3/h3-25,30-31H,26-29,32-33H2,1-2H3,(H,48,49);3-25,28-29,44H,26-27,30-31H2,1-2H3;4-6H2,1-3H3. The molecule has 566 valence electrons. The highest BCUT2D eigenvalue weighted by molar-refractivity contribution is 5.75. The summed E-state index contributed by atoms with van der Waals surface area (Å²) in [5, 5.41) is 20.0. The Bertz CT molecular complexity index is 4640. The molecule has 12 aromatic carbocycles. The van der Waals surface area contributed by atoms with Crippen LogP contribution >= 0.6 is 0 Å². The molecule has 14 heteroatoms. The number of hydrogen-bond acceptors (Lipinski definition) is 13. The van der Waals surface area contributed by atoms with Crippen LogP contribution in [0.5, 0.6) is 34.5 Å². The first kappa shape index (κ1) is 80.8. The van der Waals surface area contributed by atoms with Gasteiger partial charge < -0.3 is 62.5 Å². The molecule has 2 N–H and O–H groups in total. The highest BCUT2D eigenvalue weighted by atomic mass is 16.5. The van der Waals surface area contributed by atoms with Crippen molar-refractivity contribution in [3.63, 3.8) is 0 Å². The molecule has 0 aliphatic rings. The van der Waals surface area contributed by atoms with E-state index in [0.717, 1.165) is 124 Å². The maximum atomic E-state index is 11.8. The molecule has 0 unspecified atom stereocenters. The molecule has 0 heterocycles. The summed E-state index contributed by atoms with van der Waals surface area (Å²) in [7, 11) is 6.68. The SMILES string of the molecule is CC[NH+](CC)CC.COc1ccc(C(OCCc2ccc(-c3cccc(OCc4cccc(CO)c4)c3)cc2)(c2ccccc2)c2ccc(OC)cc2)cc1.COc1ccc(C(OCCc2ccc(-c3cccc(OCc4cccc(COC(=O)CCC(=O)[O-])c4)c3)cc2)(c2ccccc2)c2ccc(OC)cc2)cc1. The van der Waals surface area contributed by atoms with Gasteiger partial charge in [-0.05, 0) is 208 Å². The number of carboxylic acid groups (broad SMARTS) is 1. The highest BCUT2D eigenvalue weighted by Gasteiger charge is 2.39. The van der Waals surface area contributed by atoms with E-state index in [9.17, 15) is 19.8 Å². The van der Waals surface area contributed by atoms with Gasteiger partial charge in [-0.1, -0.05) is 224 Å². The largest absolute Gasteiger partial charge is 0.550 e. The van der Waals surface area contributed by atoms with Crippen LogP contribution in [-0.2, 0) is 74.3 Å². The number of aliphatic carboxylic acids is 1. The average molecular weight is 1470 g/mol. The molecule has 0 aliphatic carbocycles. The number of carbonyl (C=O) groups excluding carboxylic acids is 2. The first-order valence-electron chi connectivity index (χ1n) is 37.4. The molecule has 0 spiro atoms. The molecule has 0 saturated carbocycles. The Hall–Kier alpha value is -11.8. The molecule has 0 amide bonds. The number of quaternary nitrogens is 1. The Morgan fingerprint density at radius 2 is 0.673 bits per heavy atom. The second kappa shape index (κ2) is 41.5. The van der Waals surface area contributed by atoms with Crippen LogP contribution in [0.25, 0.3) is 22.3 Å². The van der Waals surface area contributed by atoms with Crippen molar-refractivity contribution >= 4 is 11.9 Å². The summed E-state index contributed by atoms with van der Waals surface area (Å²) in [6.45, 7) is 12.3. The number of methoxy groups -OCH3 is 4. The molecule has 14 nitrogen and oxygen atoms in total. The fourth-order valence-electron chi connectivity index (χ4n) is 13.2. The van der Waals surface area contributed by atoms with Gasteiger partial charge in [-0.2, -0.15) is 0 Å². The van der Waals surface area contributed by atoms with Crippen LogP contribution in [0.3, 0.4) is 0 Å². The maximum absolute atomic E-state index is 11.8. The third-order valence-electron chi connectivity index (χ3n) is 19.4. The van der Waals surface area contributed by atoms with E-state index in [4.69, 9.17) is 42.6 Å². The van der Waals surface area contributed by atoms with Crippen molar-refractivity contribution in [1.82, 2.24) is 0 Å². The van der Waals surface area contributed by atoms with Crippen molar-refractivity contribution in [3.8, 4) is 56.8 Å². The summed E-state index contributed by atoms with van der Waals surface area (Å²) >= 11 is 0. The van der Waals surface area contributed by atoms with Crippen molar-refractivity contribution in [1.29, 1.82) is 0 Å². The van der Waals surface area contributed by atoms with E-state index in [-0.39, 0.29) is 26.1 Å². The van der Waals surface area contributed by atoms with Gasteiger partial charge in [0.2, 0.25) is 0 Å². The number of nitrogens with one attached hydrogen (secondary N) is 1. The van der Waals surface area contributed by atoms with Crippen LogP contribution in [0.2, 0.25) is 0 Å². The zero-order valence-electron chi connectivity index (χ0n) is 63.9. The molecule has 0 saturated heterocycles. The number of carbonyl (C=O) groups is 2. The number of aliphatic hydroxyl groups excluding tert-OH is 1. The zero-order valence-corrected chi connectivity index (χ0v) is 63.9. The van der Waals surface area contributed by atoms with E-state index < -0.39 is 23.1 Å². The van der Waals surface area contributed by atoms with E-state index in [1.165, 1.54) is 25.2 Å². The van der Waals surface area contributed by atoms with E-state index in [1.807, 2.05) is 164 Å². The fourth-order valence-corrected chi connectivity index (χ4v) is 13.2. The van der Waals surface area contributed by atoms with Crippen molar-refractivity contribution in [2.24, 2.45) is 0 Å². The van der Waals surface area contributed by atoms with E-state index in [2.05, 4.69) is 160 Å². The molecule has 12 rings (SSSR count). The summed E-state index contributed by atoms with van der Waals surface area (Å²) in [5.41, 5.74) is 14.5. The third kappa shape index (κ3) is 22.2. The van der Waals surface area contributed by atoms with Crippen molar-refractivity contribution in [2.75, 3.05) is 61.3 Å². The third-order valence-corrected chi connectivity index (χ3v) is 19.4. The lowest BCUT2D eigenvalue weighted by Crippen LogP contribution is -3.11. The average Bonchev–Trinajstić information content (AvgIpc) is 0.759. The molecular formula is C96H99NO13. The first-order chi connectivity index (χ1) is 53.8. The lowest BCUT2D eigenvalue weighted by Gasteiger charge is -2.36. The van der Waals surface area contributed by atoms with Crippen molar-refractivity contribution in [3.05, 3.63) is 370 Å². The summed E-state index contributed by atoms with van der Waals surface area (Å²) in [6, 6.07) is 102. The van der Waals surface area contributed by atoms with Gasteiger partial charge in [0.1, 0.15) is 65.5 Å². The number of aliphatic hydroxyl groups is 1. The van der Waals surface area contributed by atoms with Gasteiger partial charge in [0, 0.05) is 5.97 Å². The minimum atomic E-state index is -1.28. The van der Waals surface area contributed by atoms with Crippen LogP contribution in [0, 0.1) is 0 Å². The zero-order chi connectivity index (χ0) is 77.3. The van der Waals surface area contributed by atoms with Crippen molar-refractivity contribution in [2.45, 2.75) is 84.1 Å². The molecule has 110 heavy (non-hydrogen) atoms. The Balaban J connectivity index is 0.000000217. The van der Waals surface area contributed by atoms with Gasteiger partial charge >= 0.3 is 5.97 Å². The minimum absolute atomic E-state index is 0.0185. The van der Waals surface area contributed by atoms with Gasteiger partial charge in [0.25, 0.3) is 0 Å². The number of benzene rings is 12. The Morgan fingerprint density at radius 1 is 0.336 bits per heavy atom. The van der Waals surface area contributed by atoms with Crippen LogP contribution in [0.15, 0.2) is 303 Å².